The van der Waals surface area contributed by atoms with E-state index < -0.39 is 6.04 Å². The van der Waals surface area contributed by atoms with Gasteiger partial charge in [-0.25, -0.2) is 0 Å². The first-order valence-electron chi connectivity index (χ1n) is 10.3. The quantitative estimate of drug-likeness (QED) is 0.717. The molecule has 1 fully saturated rings. The Hall–Kier alpha value is -2.30. The molecule has 1 aliphatic carbocycles. The zero-order chi connectivity index (χ0) is 19.1. The average molecular weight is 370 g/mol. The van der Waals surface area contributed by atoms with Crippen molar-refractivity contribution in [1.82, 2.24) is 5.32 Å². The average Bonchev–Trinajstić information content (AvgIpc) is 3.23. The maximum atomic E-state index is 12.8. The van der Waals surface area contributed by atoms with Crippen LogP contribution in [0.2, 0.25) is 0 Å². The van der Waals surface area contributed by atoms with Crippen LogP contribution < -0.4 is 15.5 Å². The minimum absolute atomic E-state index is 0.00114. The smallest absolute Gasteiger partial charge is 0.246 e. The number of hydrogen-bond donors (Lipinski definition) is 2. The van der Waals surface area contributed by atoms with E-state index in [9.17, 15) is 9.59 Å². The van der Waals surface area contributed by atoms with Gasteiger partial charge in [0.2, 0.25) is 11.8 Å². The first kappa shape index (κ1) is 19.5. The third-order valence-electron chi connectivity index (χ3n) is 5.44. The molecule has 3 rings (SSSR count). The van der Waals surface area contributed by atoms with E-state index in [1.807, 2.05) is 25.1 Å². The Morgan fingerprint density at radius 2 is 2.04 bits per heavy atom. The van der Waals surface area contributed by atoms with Gasteiger partial charge >= 0.3 is 0 Å². The van der Waals surface area contributed by atoms with Gasteiger partial charge in [-0.1, -0.05) is 31.6 Å². The van der Waals surface area contributed by atoms with E-state index in [4.69, 9.17) is 0 Å². The maximum Gasteiger partial charge on any atom is 0.246 e. The van der Waals surface area contributed by atoms with Crippen molar-refractivity contribution in [1.29, 1.82) is 0 Å². The lowest BCUT2D eigenvalue weighted by Gasteiger charge is -2.23. The Morgan fingerprint density at radius 3 is 2.74 bits per heavy atom. The minimum atomic E-state index is -0.483. The number of nitrogens with zero attached hydrogens (tertiary/aromatic N) is 1. The van der Waals surface area contributed by atoms with Crippen LogP contribution >= 0.6 is 0 Å². The molecule has 2 aliphatic rings. The Balaban J connectivity index is 1.61. The zero-order valence-electron chi connectivity index (χ0n) is 16.2. The van der Waals surface area contributed by atoms with E-state index in [0.717, 1.165) is 50.1 Å². The normalized spacial score (nSPS) is 20.3. The van der Waals surface area contributed by atoms with Gasteiger partial charge in [-0.2, -0.15) is 0 Å². The van der Waals surface area contributed by atoms with Crippen molar-refractivity contribution < 1.29 is 9.59 Å². The third kappa shape index (κ3) is 5.34. The van der Waals surface area contributed by atoms with Gasteiger partial charge in [0, 0.05) is 30.4 Å². The fraction of sp³-hybridized carbons (Fsp3) is 0.545. The molecule has 1 heterocycles. The van der Waals surface area contributed by atoms with E-state index in [1.54, 1.807) is 0 Å². The van der Waals surface area contributed by atoms with Crippen LogP contribution in [-0.4, -0.2) is 30.9 Å². The van der Waals surface area contributed by atoms with Crippen LogP contribution in [0.5, 0.6) is 0 Å². The van der Waals surface area contributed by atoms with E-state index >= 15 is 0 Å². The highest BCUT2D eigenvalue weighted by Crippen LogP contribution is 2.24. The van der Waals surface area contributed by atoms with Gasteiger partial charge in [0.15, 0.2) is 0 Å². The molecule has 0 aromatic heterocycles. The Kier molecular flexibility index (Phi) is 6.91. The van der Waals surface area contributed by atoms with Crippen LogP contribution in [0.1, 0.15) is 51.9 Å². The van der Waals surface area contributed by atoms with Crippen LogP contribution in [0.25, 0.3) is 0 Å². The second-order valence-corrected chi connectivity index (χ2v) is 7.56. The first-order chi connectivity index (χ1) is 13.2. The molecule has 0 bridgehead atoms. The van der Waals surface area contributed by atoms with Crippen molar-refractivity contribution in [2.75, 3.05) is 23.3 Å². The number of hydrogen-bond acceptors (Lipinski definition) is 3. The Morgan fingerprint density at radius 1 is 1.22 bits per heavy atom. The molecule has 0 radical (unpaired) electrons. The standard InChI is InChI=1S/C22H31N3O2/c1-2-9-20(24-21(26)17-10-4-3-5-11-17)22(27)23-18-12-8-13-19(16-18)25-14-6-7-15-25/h3-4,8,12-13,16-17,20H,2,5-7,9-11,14-15H2,1H3,(H,23,27)(H,24,26)/t17-,20+/m0/s1. The van der Waals surface area contributed by atoms with E-state index in [0.29, 0.717) is 6.42 Å². The van der Waals surface area contributed by atoms with Gasteiger partial charge in [0.25, 0.3) is 0 Å². The summed E-state index contributed by atoms with van der Waals surface area (Å²) in [5.74, 6) is -0.144. The summed E-state index contributed by atoms with van der Waals surface area (Å²) in [4.78, 5) is 27.7. The van der Waals surface area contributed by atoms with Gasteiger partial charge in [-0.05, 0) is 56.7 Å². The Bertz CT molecular complexity index is 680. The summed E-state index contributed by atoms with van der Waals surface area (Å²) in [5.41, 5.74) is 1.94. The summed E-state index contributed by atoms with van der Waals surface area (Å²) in [6.07, 6.45) is 10.7. The largest absolute Gasteiger partial charge is 0.371 e. The monoisotopic (exact) mass is 369 g/mol. The molecule has 5 nitrogen and oxygen atoms in total. The van der Waals surface area contributed by atoms with E-state index in [2.05, 4.69) is 33.8 Å². The number of rotatable bonds is 7. The number of amides is 2. The highest BCUT2D eigenvalue weighted by molar-refractivity contribution is 5.97. The molecule has 0 unspecified atom stereocenters. The number of nitrogens with one attached hydrogen (secondary N) is 2. The van der Waals surface area contributed by atoms with Gasteiger partial charge in [0.1, 0.15) is 6.04 Å². The van der Waals surface area contributed by atoms with Crippen molar-refractivity contribution in [2.24, 2.45) is 5.92 Å². The topological polar surface area (TPSA) is 61.4 Å². The molecule has 2 amide bonds. The second-order valence-electron chi connectivity index (χ2n) is 7.56. The summed E-state index contributed by atoms with van der Waals surface area (Å²) in [6.45, 7) is 4.17. The molecule has 5 heteroatoms. The molecule has 2 N–H and O–H groups in total. The van der Waals surface area contributed by atoms with Gasteiger partial charge in [0.05, 0.1) is 0 Å². The molecule has 0 spiro atoms. The molecule has 1 aromatic carbocycles. The lowest BCUT2D eigenvalue weighted by molar-refractivity contribution is -0.129. The SMILES string of the molecule is CCC[C@@H](NC(=O)[C@H]1CC=CCC1)C(=O)Nc1cccc(N2CCCC2)c1. The van der Waals surface area contributed by atoms with Crippen LogP contribution in [0.4, 0.5) is 11.4 Å². The fourth-order valence-corrected chi connectivity index (χ4v) is 3.86. The van der Waals surface area contributed by atoms with Crippen molar-refractivity contribution in [3.63, 3.8) is 0 Å². The third-order valence-corrected chi connectivity index (χ3v) is 5.44. The molecule has 27 heavy (non-hydrogen) atoms. The number of carbonyl (C=O) groups excluding carboxylic acids is 2. The van der Waals surface area contributed by atoms with Gasteiger partial charge < -0.3 is 15.5 Å². The lowest BCUT2D eigenvalue weighted by Crippen LogP contribution is -2.46. The summed E-state index contributed by atoms with van der Waals surface area (Å²) in [7, 11) is 0. The van der Waals surface area contributed by atoms with E-state index in [-0.39, 0.29) is 17.7 Å². The van der Waals surface area contributed by atoms with Crippen molar-refractivity contribution in [3.05, 3.63) is 36.4 Å². The fourth-order valence-electron chi connectivity index (χ4n) is 3.86. The molecule has 1 aliphatic heterocycles. The molecule has 146 valence electrons. The highest BCUT2D eigenvalue weighted by Gasteiger charge is 2.25. The van der Waals surface area contributed by atoms with E-state index in [1.165, 1.54) is 12.8 Å². The minimum Gasteiger partial charge on any atom is -0.371 e. The predicted molar refractivity (Wildman–Crippen MR) is 110 cm³/mol. The number of benzene rings is 1. The first-order valence-corrected chi connectivity index (χ1v) is 10.3. The predicted octanol–water partition coefficient (Wildman–Crippen LogP) is 3.87. The molecular weight excluding hydrogens is 338 g/mol. The van der Waals surface area contributed by atoms with Gasteiger partial charge in [-0.3, -0.25) is 9.59 Å². The second kappa shape index (κ2) is 9.58. The van der Waals surface area contributed by atoms with Crippen LogP contribution in [0, 0.1) is 5.92 Å². The summed E-state index contributed by atoms with van der Waals surface area (Å²) < 4.78 is 0. The number of allylic oxidation sites excluding steroid dienone is 2. The molecule has 1 saturated heterocycles. The summed E-state index contributed by atoms with van der Waals surface area (Å²) >= 11 is 0. The molecular formula is C22H31N3O2. The van der Waals surface area contributed by atoms with Crippen molar-refractivity contribution >= 4 is 23.2 Å². The summed E-state index contributed by atoms with van der Waals surface area (Å²) in [5, 5.41) is 5.99. The molecule has 2 atom stereocenters. The summed E-state index contributed by atoms with van der Waals surface area (Å²) in [6, 6.07) is 7.52. The lowest BCUT2D eigenvalue weighted by atomic mass is 9.93. The number of carbonyl (C=O) groups is 2. The van der Waals surface area contributed by atoms with Crippen molar-refractivity contribution in [3.8, 4) is 0 Å². The van der Waals surface area contributed by atoms with Crippen molar-refractivity contribution in [2.45, 2.75) is 57.9 Å². The number of anilines is 2. The van der Waals surface area contributed by atoms with Gasteiger partial charge in [-0.15, -0.1) is 0 Å². The van der Waals surface area contributed by atoms with Crippen LogP contribution in [0.3, 0.4) is 0 Å². The zero-order valence-corrected chi connectivity index (χ0v) is 16.2. The van der Waals surface area contributed by atoms with Crippen LogP contribution in [-0.2, 0) is 9.59 Å². The molecule has 1 aromatic rings. The molecule has 0 saturated carbocycles. The van der Waals surface area contributed by atoms with Crippen LogP contribution in [0.15, 0.2) is 36.4 Å². The Labute approximate surface area is 162 Å². The highest BCUT2D eigenvalue weighted by atomic mass is 16.2. The maximum absolute atomic E-state index is 12.8.